The van der Waals surface area contributed by atoms with Crippen LogP contribution < -0.4 is 10.6 Å². The zero-order chi connectivity index (χ0) is 15.0. The van der Waals surface area contributed by atoms with Crippen LogP contribution in [0.25, 0.3) is 0 Å². The van der Waals surface area contributed by atoms with Crippen molar-refractivity contribution in [2.24, 2.45) is 0 Å². The molecule has 1 rings (SSSR count). The Balaban J connectivity index is 2.24. The minimum atomic E-state index is -0.804. The largest absolute Gasteiger partial charge is 0.481 e. The Bertz CT molecular complexity index is 487. The van der Waals surface area contributed by atoms with Crippen molar-refractivity contribution < 1.29 is 19.5 Å². The Kier molecular flexibility index (Phi) is 6.65. The fraction of sp³-hybridized carbons (Fsp3) is 0.500. The number of thiazole rings is 1. The van der Waals surface area contributed by atoms with E-state index in [1.54, 1.807) is 5.38 Å². The summed E-state index contributed by atoms with van der Waals surface area (Å²) < 4.78 is 0. The van der Waals surface area contributed by atoms with Crippen LogP contribution >= 0.6 is 11.3 Å². The van der Waals surface area contributed by atoms with Gasteiger partial charge in [0.25, 0.3) is 5.91 Å². The normalized spacial score (nSPS) is 10.1. The summed E-state index contributed by atoms with van der Waals surface area (Å²) >= 11 is 1.19. The molecule has 0 radical (unpaired) electrons. The summed E-state index contributed by atoms with van der Waals surface area (Å²) in [5.41, 5.74) is 0.268. The fourth-order valence-corrected chi connectivity index (χ4v) is 2.19. The van der Waals surface area contributed by atoms with E-state index >= 15 is 0 Å². The van der Waals surface area contributed by atoms with Crippen molar-refractivity contribution in [3.05, 3.63) is 11.1 Å². The van der Waals surface area contributed by atoms with Crippen molar-refractivity contribution in [3.8, 4) is 0 Å². The molecule has 8 heteroatoms. The van der Waals surface area contributed by atoms with E-state index < -0.39 is 5.97 Å². The number of carboxylic acids is 1. The molecule has 20 heavy (non-hydrogen) atoms. The standard InChI is InChI=1S/C12H17N3O4S/c1-8(16)14-12-15-9(7-20-12)11(19)13-6-4-2-3-5-10(17)18/h7H,2-6H2,1H3,(H,13,19)(H,17,18)(H,14,15,16). The highest BCUT2D eigenvalue weighted by atomic mass is 32.1. The van der Waals surface area contributed by atoms with Gasteiger partial charge in [-0.2, -0.15) is 0 Å². The molecule has 0 saturated heterocycles. The molecule has 1 aromatic heterocycles. The Labute approximate surface area is 120 Å². The summed E-state index contributed by atoms with van der Waals surface area (Å²) in [5, 5.41) is 15.6. The first-order chi connectivity index (χ1) is 9.49. The van der Waals surface area contributed by atoms with Crippen LogP contribution in [0.15, 0.2) is 5.38 Å². The summed E-state index contributed by atoms with van der Waals surface area (Å²) in [6, 6.07) is 0. The second-order valence-corrected chi connectivity index (χ2v) is 5.04. The number of hydrogen-bond acceptors (Lipinski definition) is 5. The van der Waals surface area contributed by atoms with Gasteiger partial charge < -0.3 is 15.7 Å². The van der Waals surface area contributed by atoms with Crippen molar-refractivity contribution in [1.29, 1.82) is 0 Å². The summed E-state index contributed by atoms with van der Waals surface area (Å²) in [4.78, 5) is 36.8. The lowest BCUT2D eigenvalue weighted by Crippen LogP contribution is -2.24. The maximum atomic E-state index is 11.7. The number of aromatic nitrogens is 1. The monoisotopic (exact) mass is 299 g/mol. The highest BCUT2D eigenvalue weighted by Gasteiger charge is 2.10. The molecule has 0 saturated carbocycles. The first kappa shape index (κ1) is 16.1. The molecule has 0 aromatic carbocycles. The molecule has 2 amide bonds. The number of carbonyl (C=O) groups is 3. The lowest BCUT2D eigenvalue weighted by molar-refractivity contribution is -0.137. The number of aliphatic carboxylic acids is 1. The number of rotatable bonds is 8. The molecule has 0 spiro atoms. The van der Waals surface area contributed by atoms with Crippen molar-refractivity contribution in [2.45, 2.75) is 32.6 Å². The van der Waals surface area contributed by atoms with Gasteiger partial charge >= 0.3 is 5.97 Å². The Morgan fingerprint density at radius 3 is 2.70 bits per heavy atom. The van der Waals surface area contributed by atoms with E-state index in [1.807, 2.05) is 0 Å². The van der Waals surface area contributed by atoms with Crippen LogP contribution in [0, 0.1) is 0 Å². The number of carbonyl (C=O) groups excluding carboxylic acids is 2. The van der Waals surface area contributed by atoms with Crippen molar-refractivity contribution in [2.75, 3.05) is 11.9 Å². The molecule has 3 N–H and O–H groups in total. The summed E-state index contributed by atoms with van der Waals surface area (Å²) in [7, 11) is 0. The summed E-state index contributed by atoms with van der Waals surface area (Å²) in [5.74, 6) is -1.33. The zero-order valence-electron chi connectivity index (χ0n) is 11.1. The molecule has 0 aliphatic carbocycles. The van der Waals surface area contributed by atoms with E-state index in [1.165, 1.54) is 18.3 Å². The van der Waals surface area contributed by atoms with Gasteiger partial charge in [0.05, 0.1) is 0 Å². The van der Waals surface area contributed by atoms with Gasteiger partial charge in [-0.3, -0.25) is 14.4 Å². The van der Waals surface area contributed by atoms with Gasteiger partial charge in [0.15, 0.2) is 5.13 Å². The Morgan fingerprint density at radius 2 is 2.05 bits per heavy atom. The van der Waals surface area contributed by atoms with Crippen molar-refractivity contribution >= 4 is 34.3 Å². The molecule has 110 valence electrons. The van der Waals surface area contributed by atoms with Crippen LogP contribution in [0.5, 0.6) is 0 Å². The first-order valence-electron chi connectivity index (χ1n) is 6.22. The first-order valence-corrected chi connectivity index (χ1v) is 7.10. The molecule has 1 aromatic rings. The minimum Gasteiger partial charge on any atom is -0.481 e. The molecule has 0 fully saturated rings. The van der Waals surface area contributed by atoms with Crippen LogP contribution in [0.4, 0.5) is 5.13 Å². The van der Waals surface area contributed by atoms with E-state index in [-0.39, 0.29) is 23.9 Å². The maximum Gasteiger partial charge on any atom is 0.303 e. The third kappa shape index (κ3) is 6.28. The molecule has 7 nitrogen and oxygen atoms in total. The third-order valence-corrected chi connectivity index (χ3v) is 3.13. The van der Waals surface area contributed by atoms with Crippen molar-refractivity contribution in [3.63, 3.8) is 0 Å². The zero-order valence-corrected chi connectivity index (χ0v) is 12.0. The van der Waals surface area contributed by atoms with Gasteiger partial charge in [0.1, 0.15) is 5.69 Å². The van der Waals surface area contributed by atoms with E-state index in [0.29, 0.717) is 18.1 Å². The molecule has 0 unspecified atom stereocenters. The number of amides is 2. The lowest BCUT2D eigenvalue weighted by atomic mass is 10.2. The molecular weight excluding hydrogens is 282 g/mol. The molecule has 0 atom stereocenters. The predicted octanol–water partition coefficient (Wildman–Crippen LogP) is 1.48. The second kappa shape index (κ2) is 8.26. The van der Waals surface area contributed by atoms with E-state index in [0.717, 1.165) is 12.8 Å². The van der Waals surface area contributed by atoms with Gasteiger partial charge in [-0.1, -0.05) is 6.42 Å². The highest BCUT2D eigenvalue weighted by molar-refractivity contribution is 7.14. The molecular formula is C12H17N3O4S. The third-order valence-electron chi connectivity index (χ3n) is 2.37. The Morgan fingerprint density at radius 1 is 1.30 bits per heavy atom. The van der Waals surface area contributed by atoms with E-state index in [4.69, 9.17) is 5.11 Å². The van der Waals surface area contributed by atoms with Crippen LogP contribution in [-0.4, -0.2) is 34.4 Å². The molecule has 0 bridgehead atoms. The Hall–Kier alpha value is -1.96. The fourth-order valence-electron chi connectivity index (χ4n) is 1.46. The smallest absolute Gasteiger partial charge is 0.303 e. The van der Waals surface area contributed by atoms with Crippen molar-refractivity contribution in [1.82, 2.24) is 10.3 Å². The van der Waals surface area contributed by atoms with Crippen LogP contribution in [0.3, 0.4) is 0 Å². The van der Waals surface area contributed by atoms with E-state index in [9.17, 15) is 14.4 Å². The average molecular weight is 299 g/mol. The number of unbranched alkanes of at least 4 members (excludes halogenated alkanes) is 2. The summed E-state index contributed by atoms with van der Waals surface area (Å²) in [6.07, 6.45) is 2.23. The molecule has 0 aliphatic heterocycles. The minimum absolute atomic E-state index is 0.153. The number of nitrogens with zero attached hydrogens (tertiary/aromatic N) is 1. The van der Waals surface area contributed by atoms with Gasteiger partial charge in [0.2, 0.25) is 5.91 Å². The molecule has 1 heterocycles. The second-order valence-electron chi connectivity index (χ2n) is 4.18. The highest BCUT2D eigenvalue weighted by Crippen LogP contribution is 2.15. The average Bonchev–Trinajstić information content (AvgIpc) is 2.80. The lowest BCUT2D eigenvalue weighted by Gasteiger charge is -2.02. The number of carboxylic acid groups (broad SMARTS) is 1. The van der Waals surface area contributed by atoms with Crippen LogP contribution in [0.1, 0.15) is 43.1 Å². The number of anilines is 1. The molecule has 0 aliphatic rings. The van der Waals surface area contributed by atoms with Gasteiger partial charge in [0, 0.05) is 25.3 Å². The quantitative estimate of drug-likeness (QED) is 0.630. The maximum absolute atomic E-state index is 11.7. The van der Waals surface area contributed by atoms with Gasteiger partial charge in [-0.05, 0) is 12.8 Å². The SMILES string of the molecule is CC(=O)Nc1nc(C(=O)NCCCCCC(=O)O)cs1. The van der Waals surface area contributed by atoms with E-state index in [2.05, 4.69) is 15.6 Å². The van der Waals surface area contributed by atoms with Gasteiger partial charge in [-0.25, -0.2) is 4.98 Å². The number of hydrogen-bond donors (Lipinski definition) is 3. The van der Waals surface area contributed by atoms with Crippen LogP contribution in [-0.2, 0) is 9.59 Å². The predicted molar refractivity (Wildman–Crippen MR) is 74.9 cm³/mol. The summed E-state index contributed by atoms with van der Waals surface area (Å²) in [6.45, 7) is 1.85. The number of nitrogens with one attached hydrogen (secondary N) is 2. The van der Waals surface area contributed by atoms with Gasteiger partial charge in [-0.15, -0.1) is 11.3 Å². The topological polar surface area (TPSA) is 108 Å². The van der Waals surface area contributed by atoms with Crippen LogP contribution in [0.2, 0.25) is 0 Å².